The first kappa shape index (κ1) is 20.8. The van der Waals surface area contributed by atoms with Crippen LogP contribution in [-0.2, 0) is 20.7 Å². The van der Waals surface area contributed by atoms with Crippen LogP contribution < -0.4 is 5.32 Å². The third kappa shape index (κ3) is 4.74. The fraction of sp³-hybridized carbons (Fsp3) is 0.333. The van der Waals surface area contributed by atoms with Gasteiger partial charge in [0.25, 0.3) is 5.91 Å². The Hall–Kier alpha value is -2.93. The summed E-state index contributed by atoms with van der Waals surface area (Å²) in [5, 5.41) is 7.69. The van der Waals surface area contributed by atoms with Gasteiger partial charge in [0, 0.05) is 34.6 Å². The number of aromatic nitrogens is 3. The van der Waals surface area contributed by atoms with Crippen molar-refractivity contribution in [3.05, 3.63) is 57.5 Å². The number of ether oxygens (including phenoxy) is 1. The zero-order valence-corrected chi connectivity index (χ0v) is 17.6. The highest BCUT2D eigenvalue weighted by atomic mass is 35.5. The van der Waals surface area contributed by atoms with Gasteiger partial charge in [-0.2, -0.15) is 5.10 Å². The predicted octanol–water partition coefficient (Wildman–Crippen LogP) is 3.73. The van der Waals surface area contributed by atoms with Crippen molar-refractivity contribution in [3.63, 3.8) is 0 Å². The Labute approximate surface area is 174 Å². The second-order valence-electron chi connectivity index (χ2n) is 6.94. The molecule has 1 amide bonds. The van der Waals surface area contributed by atoms with E-state index in [0.717, 1.165) is 33.9 Å². The van der Waals surface area contributed by atoms with E-state index in [1.165, 1.54) is 0 Å². The number of amides is 1. The van der Waals surface area contributed by atoms with Crippen LogP contribution in [0.25, 0.3) is 5.65 Å². The molecule has 0 fully saturated rings. The van der Waals surface area contributed by atoms with E-state index in [0.29, 0.717) is 17.1 Å². The Morgan fingerprint density at radius 1 is 1.21 bits per heavy atom. The van der Waals surface area contributed by atoms with Gasteiger partial charge in [-0.05, 0) is 57.4 Å². The number of hydrogen-bond donors (Lipinski definition) is 1. The average molecular weight is 415 g/mol. The van der Waals surface area contributed by atoms with Gasteiger partial charge >= 0.3 is 5.97 Å². The third-order valence-corrected chi connectivity index (χ3v) is 5.18. The summed E-state index contributed by atoms with van der Waals surface area (Å²) in [4.78, 5) is 28.7. The number of nitrogens with one attached hydrogen (secondary N) is 1. The van der Waals surface area contributed by atoms with Crippen molar-refractivity contribution in [1.29, 1.82) is 0 Å². The van der Waals surface area contributed by atoms with E-state index >= 15 is 0 Å². The van der Waals surface area contributed by atoms with Gasteiger partial charge in [0.1, 0.15) is 0 Å². The van der Waals surface area contributed by atoms with E-state index < -0.39 is 11.9 Å². The Kier molecular flexibility index (Phi) is 6.17. The van der Waals surface area contributed by atoms with Gasteiger partial charge in [0.2, 0.25) is 0 Å². The van der Waals surface area contributed by atoms with Crippen molar-refractivity contribution in [1.82, 2.24) is 14.6 Å². The molecule has 0 saturated heterocycles. The zero-order chi connectivity index (χ0) is 21.1. The van der Waals surface area contributed by atoms with Crippen molar-refractivity contribution >= 4 is 34.8 Å². The van der Waals surface area contributed by atoms with E-state index in [2.05, 4.69) is 15.4 Å². The molecule has 0 spiro atoms. The summed E-state index contributed by atoms with van der Waals surface area (Å²) in [5.41, 5.74) is 5.79. The summed E-state index contributed by atoms with van der Waals surface area (Å²) < 4.78 is 6.89. The summed E-state index contributed by atoms with van der Waals surface area (Å²) in [5.74, 6) is -0.857. The lowest BCUT2D eigenvalue weighted by molar-refractivity contribution is -0.147. The summed E-state index contributed by atoms with van der Waals surface area (Å²) in [6, 6.07) is 7.14. The molecule has 0 bridgehead atoms. The lowest BCUT2D eigenvalue weighted by Crippen LogP contribution is -2.21. The van der Waals surface area contributed by atoms with Gasteiger partial charge in [0.05, 0.1) is 5.69 Å². The second-order valence-corrected chi connectivity index (χ2v) is 7.35. The number of fused-ring (bicyclic) bond motifs is 1. The van der Waals surface area contributed by atoms with Crippen LogP contribution in [0.5, 0.6) is 0 Å². The number of anilines is 1. The van der Waals surface area contributed by atoms with E-state index in [4.69, 9.17) is 16.3 Å². The van der Waals surface area contributed by atoms with Gasteiger partial charge in [0.15, 0.2) is 12.3 Å². The number of carbonyl (C=O) groups excluding carboxylic acids is 2. The molecule has 3 rings (SSSR count). The fourth-order valence-electron chi connectivity index (χ4n) is 3.18. The highest BCUT2D eigenvalue weighted by Gasteiger charge is 2.14. The van der Waals surface area contributed by atoms with E-state index in [1.807, 2.05) is 26.8 Å². The highest BCUT2D eigenvalue weighted by Crippen LogP contribution is 2.23. The number of halogens is 1. The van der Waals surface area contributed by atoms with Crippen LogP contribution >= 0.6 is 11.6 Å². The quantitative estimate of drug-likeness (QED) is 0.621. The Morgan fingerprint density at radius 2 is 1.97 bits per heavy atom. The minimum atomic E-state index is -0.446. The minimum Gasteiger partial charge on any atom is -0.456 e. The molecule has 0 atom stereocenters. The smallest absolute Gasteiger partial charge is 0.306 e. The summed E-state index contributed by atoms with van der Waals surface area (Å²) in [7, 11) is 0. The number of rotatable bonds is 6. The van der Waals surface area contributed by atoms with Gasteiger partial charge < -0.3 is 10.1 Å². The molecule has 2 aromatic heterocycles. The molecular weight excluding hydrogens is 392 g/mol. The number of esters is 1. The number of benzene rings is 1. The number of carbonyl (C=O) groups is 2. The van der Waals surface area contributed by atoms with E-state index in [-0.39, 0.29) is 13.0 Å². The summed E-state index contributed by atoms with van der Waals surface area (Å²) in [6.45, 7) is 7.24. The minimum absolute atomic E-state index is 0.151. The van der Waals surface area contributed by atoms with Crippen LogP contribution in [0.2, 0.25) is 5.02 Å². The first-order valence-corrected chi connectivity index (χ1v) is 9.67. The molecule has 3 aromatic rings. The van der Waals surface area contributed by atoms with Crippen LogP contribution in [0, 0.1) is 27.7 Å². The molecule has 1 N–H and O–H groups in total. The number of aryl methyl sites for hydroxylation is 3. The monoisotopic (exact) mass is 414 g/mol. The van der Waals surface area contributed by atoms with Crippen molar-refractivity contribution in [2.75, 3.05) is 11.9 Å². The maximum Gasteiger partial charge on any atom is 0.306 e. The van der Waals surface area contributed by atoms with Crippen molar-refractivity contribution < 1.29 is 14.3 Å². The van der Waals surface area contributed by atoms with Crippen molar-refractivity contribution in [2.24, 2.45) is 0 Å². The van der Waals surface area contributed by atoms with Gasteiger partial charge in [-0.25, -0.2) is 9.50 Å². The predicted molar refractivity (Wildman–Crippen MR) is 111 cm³/mol. The van der Waals surface area contributed by atoms with Gasteiger partial charge in [-0.15, -0.1) is 0 Å². The van der Waals surface area contributed by atoms with Gasteiger partial charge in [-0.3, -0.25) is 9.59 Å². The molecule has 0 aliphatic rings. The molecule has 0 saturated carbocycles. The average Bonchev–Trinajstić information content (AvgIpc) is 3.04. The van der Waals surface area contributed by atoms with Crippen LogP contribution in [0.3, 0.4) is 0 Å². The number of nitrogens with zero attached hydrogens (tertiary/aromatic N) is 3. The maximum absolute atomic E-state index is 12.1. The Balaban J connectivity index is 1.56. The van der Waals surface area contributed by atoms with Crippen LogP contribution in [0.15, 0.2) is 24.3 Å². The first-order valence-electron chi connectivity index (χ1n) is 9.29. The first-order chi connectivity index (χ1) is 13.8. The zero-order valence-electron chi connectivity index (χ0n) is 16.9. The Morgan fingerprint density at radius 3 is 2.72 bits per heavy atom. The topological polar surface area (TPSA) is 85.6 Å². The standard InChI is InChI=1S/C21H23ClN4O3/c1-12-10-19-23-14(3)16(15(4)26(19)25-12)8-9-21(28)29-11-20(27)24-18-7-5-6-17(22)13(18)2/h5-7,10H,8-9,11H2,1-4H3,(H,24,27). The maximum atomic E-state index is 12.1. The molecule has 29 heavy (non-hydrogen) atoms. The second kappa shape index (κ2) is 8.61. The van der Waals surface area contributed by atoms with E-state index in [9.17, 15) is 9.59 Å². The molecule has 8 heteroatoms. The van der Waals surface area contributed by atoms with E-state index in [1.54, 1.807) is 29.6 Å². The van der Waals surface area contributed by atoms with Crippen LogP contribution in [0.1, 0.15) is 34.6 Å². The van der Waals surface area contributed by atoms with Gasteiger partial charge in [-0.1, -0.05) is 17.7 Å². The SMILES string of the molecule is Cc1cc2nc(C)c(CCC(=O)OCC(=O)Nc3cccc(Cl)c3C)c(C)n2n1. The highest BCUT2D eigenvalue weighted by molar-refractivity contribution is 6.31. The molecule has 0 radical (unpaired) electrons. The summed E-state index contributed by atoms with van der Waals surface area (Å²) >= 11 is 6.04. The molecule has 0 unspecified atom stereocenters. The van der Waals surface area contributed by atoms with Crippen molar-refractivity contribution in [2.45, 2.75) is 40.5 Å². The molecule has 0 aliphatic carbocycles. The van der Waals surface area contributed by atoms with Crippen molar-refractivity contribution in [3.8, 4) is 0 Å². The molecule has 0 aliphatic heterocycles. The normalized spacial score (nSPS) is 10.9. The third-order valence-electron chi connectivity index (χ3n) is 4.77. The van der Waals surface area contributed by atoms with Crippen LogP contribution in [0.4, 0.5) is 5.69 Å². The molecule has 7 nitrogen and oxygen atoms in total. The fourth-order valence-corrected chi connectivity index (χ4v) is 3.35. The molecule has 2 heterocycles. The molecule has 1 aromatic carbocycles. The Bertz CT molecular complexity index is 1090. The lowest BCUT2D eigenvalue weighted by Gasteiger charge is -2.11. The molecule has 152 valence electrons. The lowest BCUT2D eigenvalue weighted by atomic mass is 10.1. The summed E-state index contributed by atoms with van der Waals surface area (Å²) in [6.07, 6.45) is 0.617. The molecular formula is C21H23ClN4O3. The number of hydrogen-bond acceptors (Lipinski definition) is 5. The largest absolute Gasteiger partial charge is 0.456 e. The van der Waals surface area contributed by atoms with Crippen LogP contribution in [-0.4, -0.2) is 33.1 Å².